The zero-order valence-corrected chi connectivity index (χ0v) is 12.9. The van der Waals surface area contributed by atoms with Gasteiger partial charge in [0.2, 0.25) is 0 Å². The fourth-order valence-electron chi connectivity index (χ4n) is 2.64. The van der Waals surface area contributed by atoms with Gasteiger partial charge in [-0.3, -0.25) is 10.00 Å². The molecule has 0 saturated heterocycles. The number of carbonyl (C=O) groups excluding carboxylic acids is 1. The molecular weight excluding hydrogens is 252 g/mol. The molecular formula is C15H26N4O. The number of carbonyl (C=O) groups is 1. The zero-order chi connectivity index (χ0) is 14.8. The van der Waals surface area contributed by atoms with Crippen LogP contribution in [0.4, 0.5) is 10.6 Å². The van der Waals surface area contributed by atoms with E-state index in [0.29, 0.717) is 11.9 Å². The molecule has 0 spiro atoms. The molecule has 0 aliphatic heterocycles. The molecule has 1 aromatic heterocycles. The lowest BCUT2D eigenvalue weighted by atomic mass is 9.78. The van der Waals surface area contributed by atoms with Gasteiger partial charge in [0.1, 0.15) is 0 Å². The first-order valence-electron chi connectivity index (χ1n) is 7.52. The summed E-state index contributed by atoms with van der Waals surface area (Å²) in [4.78, 5) is 12.1. The lowest BCUT2D eigenvalue weighted by Gasteiger charge is -2.36. The van der Waals surface area contributed by atoms with Crippen molar-refractivity contribution >= 4 is 11.8 Å². The van der Waals surface area contributed by atoms with Crippen LogP contribution in [0.15, 0.2) is 12.3 Å². The highest BCUT2D eigenvalue weighted by molar-refractivity contribution is 5.88. The maximum Gasteiger partial charge on any atom is 0.320 e. The lowest BCUT2D eigenvalue weighted by Crippen LogP contribution is -2.49. The molecule has 2 N–H and O–H groups in total. The van der Waals surface area contributed by atoms with Crippen molar-refractivity contribution < 1.29 is 4.79 Å². The summed E-state index contributed by atoms with van der Waals surface area (Å²) in [5.41, 5.74) is -0.0861. The van der Waals surface area contributed by atoms with Crippen LogP contribution in [-0.4, -0.2) is 21.4 Å². The fourth-order valence-corrected chi connectivity index (χ4v) is 2.64. The summed E-state index contributed by atoms with van der Waals surface area (Å²) in [7, 11) is 0. The van der Waals surface area contributed by atoms with E-state index in [2.05, 4.69) is 43.4 Å². The summed E-state index contributed by atoms with van der Waals surface area (Å²) >= 11 is 0. The van der Waals surface area contributed by atoms with Crippen LogP contribution in [0, 0.1) is 5.92 Å². The third-order valence-electron chi connectivity index (χ3n) is 4.17. The first-order chi connectivity index (χ1) is 9.38. The van der Waals surface area contributed by atoms with Gasteiger partial charge in [0.15, 0.2) is 5.82 Å². The SMILES string of the molecule is CC1CCC(C)(NC(=O)Nc2ccn(C(C)C)n2)CC1. The van der Waals surface area contributed by atoms with Crippen LogP contribution in [0.25, 0.3) is 0 Å². The first kappa shape index (κ1) is 14.9. The second-order valence-corrected chi connectivity index (χ2v) is 6.60. The number of nitrogens with one attached hydrogen (secondary N) is 2. The maximum atomic E-state index is 12.1. The number of nitrogens with zero attached hydrogens (tertiary/aromatic N) is 2. The molecule has 5 heteroatoms. The highest BCUT2D eigenvalue weighted by Crippen LogP contribution is 2.31. The van der Waals surface area contributed by atoms with Gasteiger partial charge in [0.05, 0.1) is 0 Å². The van der Waals surface area contributed by atoms with E-state index in [1.807, 2.05) is 16.9 Å². The number of aromatic nitrogens is 2. The molecule has 1 saturated carbocycles. The van der Waals surface area contributed by atoms with Gasteiger partial charge < -0.3 is 5.32 Å². The molecule has 1 fully saturated rings. The molecule has 20 heavy (non-hydrogen) atoms. The van der Waals surface area contributed by atoms with Crippen molar-refractivity contribution in [3.05, 3.63) is 12.3 Å². The smallest absolute Gasteiger partial charge is 0.320 e. The van der Waals surface area contributed by atoms with Crippen LogP contribution in [0.5, 0.6) is 0 Å². The molecule has 0 bridgehead atoms. The number of urea groups is 1. The van der Waals surface area contributed by atoms with Crippen LogP contribution >= 0.6 is 0 Å². The summed E-state index contributed by atoms with van der Waals surface area (Å²) in [6.45, 7) is 8.52. The van der Waals surface area contributed by atoms with Gasteiger partial charge in [-0.05, 0) is 52.4 Å². The maximum absolute atomic E-state index is 12.1. The van der Waals surface area contributed by atoms with Crippen LogP contribution in [0.1, 0.15) is 59.4 Å². The molecule has 2 amide bonds. The Morgan fingerprint density at radius 3 is 2.65 bits per heavy atom. The molecule has 0 unspecified atom stereocenters. The summed E-state index contributed by atoms with van der Waals surface area (Å²) in [5, 5.41) is 10.2. The van der Waals surface area contributed by atoms with Gasteiger partial charge >= 0.3 is 6.03 Å². The van der Waals surface area contributed by atoms with Crippen molar-refractivity contribution in [3.8, 4) is 0 Å². The van der Waals surface area contributed by atoms with Gasteiger partial charge in [-0.2, -0.15) is 5.10 Å². The molecule has 1 aromatic rings. The Morgan fingerprint density at radius 1 is 1.45 bits per heavy atom. The van der Waals surface area contributed by atoms with E-state index in [9.17, 15) is 4.79 Å². The molecule has 0 aromatic carbocycles. The van der Waals surface area contributed by atoms with E-state index in [1.165, 1.54) is 12.8 Å². The van der Waals surface area contributed by atoms with Gasteiger partial charge in [-0.1, -0.05) is 6.92 Å². The van der Waals surface area contributed by atoms with Crippen LogP contribution in [0.2, 0.25) is 0 Å². The van der Waals surface area contributed by atoms with E-state index in [-0.39, 0.29) is 11.6 Å². The second-order valence-electron chi connectivity index (χ2n) is 6.60. The second kappa shape index (κ2) is 5.85. The minimum atomic E-state index is -0.156. The largest absolute Gasteiger partial charge is 0.333 e. The molecule has 0 atom stereocenters. The molecule has 1 heterocycles. The van der Waals surface area contributed by atoms with E-state index < -0.39 is 0 Å². The Kier molecular flexibility index (Phi) is 4.35. The van der Waals surface area contributed by atoms with Gasteiger partial charge in [-0.25, -0.2) is 4.79 Å². The normalized spacial score (nSPS) is 26.6. The summed E-state index contributed by atoms with van der Waals surface area (Å²) in [6.07, 6.45) is 6.33. The highest BCUT2D eigenvalue weighted by atomic mass is 16.2. The van der Waals surface area contributed by atoms with Crippen molar-refractivity contribution in [2.45, 2.75) is 65.0 Å². The fraction of sp³-hybridized carbons (Fsp3) is 0.733. The Balaban J connectivity index is 1.88. The highest BCUT2D eigenvalue weighted by Gasteiger charge is 2.31. The van der Waals surface area contributed by atoms with Gasteiger partial charge in [-0.15, -0.1) is 0 Å². The topological polar surface area (TPSA) is 59.0 Å². The van der Waals surface area contributed by atoms with Crippen molar-refractivity contribution in [1.29, 1.82) is 0 Å². The predicted molar refractivity (Wildman–Crippen MR) is 80.8 cm³/mol. The molecule has 1 aliphatic carbocycles. The number of hydrogen-bond acceptors (Lipinski definition) is 2. The molecule has 2 rings (SSSR count). The van der Waals surface area contributed by atoms with Crippen molar-refractivity contribution in [2.24, 2.45) is 5.92 Å². The third-order valence-corrected chi connectivity index (χ3v) is 4.17. The van der Waals surface area contributed by atoms with E-state index >= 15 is 0 Å². The standard InChI is InChI=1S/C15H26N4O/c1-11(2)19-10-7-13(18-19)16-14(20)17-15(4)8-5-12(3)6-9-15/h7,10-12H,5-6,8-9H2,1-4H3,(H2,16,17,18,20). The van der Waals surface area contributed by atoms with Crippen molar-refractivity contribution in [3.63, 3.8) is 0 Å². The molecule has 0 radical (unpaired) electrons. The Hall–Kier alpha value is -1.52. The van der Waals surface area contributed by atoms with E-state index in [4.69, 9.17) is 0 Å². The summed E-state index contributed by atoms with van der Waals surface area (Å²) in [5.74, 6) is 1.37. The first-order valence-corrected chi connectivity index (χ1v) is 7.52. The van der Waals surface area contributed by atoms with Gasteiger partial charge in [0, 0.05) is 23.8 Å². The van der Waals surface area contributed by atoms with Crippen LogP contribution in [-0.2, 0) is 0 Å². The Bertz CT molecular complexity index is 458. The third kappa shape index (κ3) is 3.74. The molecule has 1 aliphatic rings. The number of hydrogen-bond donors (Lipinski definition) is 2. The average Bonchev–Trinajstić information content (AvgIpc) is 2.81. The summed E-state index contributed by atoms with van der Waals surface area (Å²) < 4.78 is 1.83. The van der Waals surface area contributed by atoms with Crippen molar-refractivity contribution in [2.75, 3.05) is 5.32 Å². The van der Waals surface area contributed by atoms with Crippen molar-refractivity contribution in [1.82, 2.24) is 15.1 Å². The summed E-state index contributed by atoms with van der Waals surface area (Å²) in [6, 6.07) is 1.97. The zero-order valence-electron chi connectivity index (χ0n) is 12.9. The van der Waals surface area contributed by atoms with E-state index in [0.717, 1.165) is 18.8 Å². The monoisotopic (exact) mass is 278 g/mol. The molecule has 112 valence electrons. The number of anilines is 1. The quantitative estimate of drug-likeness (QED) is 0.888. The van der Waals surface area contributed by atoms with E-state index in [1.54, 1.807) is 0 Å². The Labute approximate surface area is 121 Å². The number of amides is 2. The van der Waals surface area contributed by atoms with Gasteiger partial charge in [0.25, 0.3) is 0 Å². The van der Waals surface area contributed by atoms with Crippen LogP contribution in [0.3, 0.4) is 0 Å². The minimum Gasteiger partial charge on any atom is -0.333 e. The average molecular weight is 278 g/mol. The predicted octanol–water partition coefficient (Wildman–Crippen LogP) is 3.55. The Morgan fingerprint density at radius 2 is 2.10 bits per heavy atom. The van der Waals surface area contributed by atoms with Crippen LogP contribution < -0.4 is 10.6 Å². The number of rotatable bonds is 3. The molecule has 5 nitrogen and oxygen atoms in total. The lowest BCUT2D eigenvalue weighted by molar-refractivity contribution is 0.204. The minimum absolute atomic E-state index is 0.0861.